The van der Waals surface area contributed by atoms with Crippen molar-refractivity contribution >= 4 is 52.2 Å². The van der Waals surface area contributed by atoms with Gasteiger partial charge in [-0.15, -0.1) is 0 Å². The Morgan fingerprint density at radius 3 is 2.34 bits per heavy atom. The number of hydrogen-bond donors (Lipinski definition) is 3. The van der Waals surface area contributed by atoms with Gasteiger partial charge in [-0.25, -0.2) is 4.98 Å². The van der Waals surface area contributed by atoms with E-state index in [2.05, 4.69) is 15.6 Å². The van der Waals surface area contributed by atoms with Crippen LogP contribution < -0.4 is 16.4 Å². The lowest BCUT2D eigenvalue weighted by Gasteiger charge is -2.14. The number of nitrogens with one attached hydrogen (secondary N) is 2. The lowest BCUT2D eigenvalue weighted by atomic mass is 9.97. The van der Waals surface area contributed by atoms with E-state index in [0.29, 0.717) is 44.8 Å². The summed E-state index contributed by atoms with van der Waals surface area (Å²) in [4.78, 5) is 28.1. The molecule has 1 aromatic heterocycles. The molecule has 4 N–H and O–H groups in total. The number of nitrogen functional groups attached to an aromatic ring is 1. The van der Waals surface area contributed by atoms with Crippen LogP contribution in [-0.2, 0) is 11.2 Å². The number of amides is 2. The number of anilines is 3. The quantitative estimate of drug-likeness (QED) is 0.509. The number of hydrogen-bond acceptors (Lipinski definition) is 4. The maximum Gasteiger partial charge on any atom is 0.257 e. The van der Waals surface area contributed by atoms with Crippen LogP contribution in [0.1, 0.15) is 28.4 Å². The summed E-state index contributed by atoms with van der Waals surface area (Å²) in [6.45, 7) is 1.45. The molecule has 6 nitrogen and oxygen atoms in total. The van der Waals surface area contributed by atoms with E-state index in [1.807, 2.05) is 12.1 Å². The van der Waals surface area contributed by atoms with Crippen molar-refractivity contribution in [2.75, 3.05) is 16.4 Å². The second-order valence-corrected chi connectivity index (χ2v) is 7.26. The van der Waals surface area contributed by atoms with Gasteiger partial charge in [-0.2, -0.15) is 0 Å². The zero-order valence-corrected chi connectivity index (χ0v) is 17.0. The SMILES string of the molecule is CC(=O)Nc1ccc(Cc2c(N)cc(Cl)cc2C(=O)Nc2ccc(Cl)cn2)cc1. The zero-order valence-electron chi connectivity index (χ0n) is 15.5. The lowest BCUT2D eigenvalue weighted by molar-refractivity contribution is -0.114. The van der Waals surface area contributed by atoms with Gasteiger partial charge in [0, 0.05) is 41.5 Å². The molecule has 148 valence electrons. The van der Waals surface area contributed by atoms with E-state index < -0.39 is 0 Å². The number of pyridine rings is 1. The zero-order chi connectivity index (χ0) is 21.0. The van der Waals surface area contributed by atoms with Crippen molar-refractivity contribution in [3.05, 3.63) is 81.5 Å². The van der Waals surface area contributed by atoms with Crippen LogP contribution in [0.3, 0.4) is 0 Å². The lowest BCUT2D eigenvalue weighted by Crippen LogP contribution is -2.16. The van der Waals surface area contributed by atoms with Gasteiger partial charge in [0.25, 0.3) is 5.91 Å². The predicted octanol–water partition coefficient (Wildman–Crippen LogP) is 4.77. The molecule has 0 saturated carbocycles. The maximum absolute atomic E-state index is 12.8. The Labute approximate surface area is 178 Å². The Bertz CT molecular complexity index is 1050. The minimum atomic E-state index is -0.376. The largest absolute Gasteiger partial charge is 0.398 e. The molecular weight excluding hydrogens is 411 g/mol. The molecule has 29 heavy (non-hydrogen) atoms. The van der Waals surface area contributed by atoms with E-state index in [1.165, 1.54) is 13.1 Å². The van der Waals surface area contributed by atoms with Gasteiger partial charge in [-0.3, -0.25) is 9.59 Å². The van der Waals surface area contributed by atoms with Gasteiger partial charge in [-0.05, 0) is 47.5 Å². The monoisotopic (exact) mass is 428 g/mol. The van der Waals surface area contributed by atoms with Crippen LogP contribution in [0, 0.1) is 0 Å². The molecule has 1 heterocycles. The highest BCUT2D eigenvalue weighted by Crippen LogP contribution is 2.27. The number of carbonyl (C=O) groups is 2. The Kier molecular flexibility index (Phi) is 6.36. The molecule has 0 bridgehead atoms. The van der Waals surface area contributed by atoms with Crippen LogP contribution in [0.2, 0.25) is 10.0 Å². The minimum absolute atomic E-state index is 0.144. The average molecular weight is 429 g/mol. The van der Waals surface area contributed by atoms with E-state index in [0.717, 1.165) is 5.56 Å². The van der Waals surface area contributed by atoms with E-state index in [-0.39, 0.29) is 11.8 Å². The van der Waals surface area contributed by atoms with Gasteiger partial charge < -0.3 is 16.4 Å². The molecule has 8 heteroatoms. The molecular formula is C21H18Cl2N4O2. The van der Waals surface area contributed by atoms with Crippen LogP contribution in [0.15, 0.2) is 54.7 Å². The summed E-state index contributed by atoms with van der Waals surface area (Å²) in [7, 11) is 0. The molecule has 0 unspecified atom stereocenters. The van der Waals surface area contributed by atoms with Gasteiger partial charge in [-0.1, -0.05) is 35.3 Å². The van der Waals surface area contributed by atoms with Crippen molar-refractivity contribution in [1.29, 1.82) is 0 Å². The smallest absolute Gasteiger partial charge is 0.257 e. The van der Waals surface area contributed by atoms with Crippen molar-refractivity contribution in [2.45, 2.75) is 13.3 Å². The molecule has 3 aromatic rings. The Hall–Kier alpha value is -3.09. The van der Waals surface area contributed by atoms with Crippen molar-refractivity contribution in [2.24, 2.45) is 0 Å². The van der Waals surface area contributed by atoms with Crippen molar-refractivity contribution in [1.82, 2.24) is 4.98 Å². The normalized spacial score (nSPS) is 10.4. The van der Waals surface area contributed by atoms with Gasteiger partial charge in [0.1, 0.15) is 5.82 Å². The second-order valence-electron chi connectivity index (χ2n) is 6.39. The molecule has 0 aliphatic rings. The summed E-state index contributed by atoms with van der Waals surface area (Å²) in [5, 5.41) is 6.27. The van der Waals surface area contributed by atoms with Crippen LogP contribution >= 0.6 is 23.2 Å². The highest BCUT2D eigenvalue weighted by Gasteiger charge is 2.17. The van der Waals surface area contributed by atoms with E-state index in [9.17, 15) is 9.59 Å². The third kappa shape index (κ3) is 5.47. The summed E-state index contributed by atoms with van der Waals surface area (Å²) in [5.41, 5.74) is 9.20. The summed E-state index contributed by atoms with van der Waals surface area (Å²) >= 11 is 12.0. The molecule has 0 atom stereocenters. The number of carbonyl (C=O) groups excluding carboxylic acids is 2. The molecule has 0 fully saturated rings. The summed E-state index contributed by atoms with van der Waals surface area (Å²) in [6.07, 6.45) is 1.86. The summed E-state index contributed by atoms with van der Waals surface area (Å²) in [5.74, 6) is -0.156. The summed E-state index contributed by atoms with van der Waals surface area (Å²) < 4.78 is 0. The predicted molar refractivity (Wildman–Crippen MR) is 117 cm³/mol. The fraction of sp³-hybridized carbons (Fsp3) is 0.0952. The molecule has 0 spiro atoms. The number of halogens is 2. The van der Waals surface area contributed by atoms with Crippen molar-refractivity contribution < 1.29 is 9.59 Å². The first kappa shape index (κ1) is 20.6. The van der Waals surface area contributed by atoms with Crippen molar-refractivity contribution in [3.8, 4) is 0 Å². The first-order valence-corrected chi connectivity index (χ1v) is 9.45. The van der Waals surface area contributed by atoms with Crippen LogP contribution in [0.25, 0.3) is 0 Å². The maximum atomic E-state index is 12.8. The third-order valence-corrected chi connectivity index (χ3v) is 4.56. The number of rotatable bonds is 5. The van der Waals surface area contributed by atoms with E-state index in [4.69, 9.17) is 28.9 Å². The first-order valence-electron chi connectivity index (χ1n) is 8.69. The molecule has 3 rings (SSSR count). The van der Waals surface area contributed by atoms with Crippen molar-refractivity contribution in [3.63, 3.8) is 0 Å². The number of nitrogens with two attached hydrogens (primary N) is 1. The Morgan fingerprint density at radius 1 is 1.00 bits per heavy atom. The summed E-state index contributed by atoms with van der Waals surface area (Å²) in [6, 6.07) is 13.7. The standard InChI is InChI=1S/C21H18Cl2N4O2/c1-12(28)26-16-5-2-13(3-6-16)8-17-18(9-15(23)10-19(17)24)21(29)27-20-7-4-14(22)11-25-20/h2-7,9-11H,8,24H2,1H3,(H,26,28)(H,25,27,29). The molecule has 0 aliphatic heterocycles. The molecule has 2 aromatic carbocycles. The molecule has 2 amide bonds. The van der Waals surface area contributed by atoms with Gasteiger partial charge in [0.15, 0.2) is 0 Å². The fourth-order valence-electron chi connectivity index (χ4n) is 2.80. The van der Waals surface area contributed by atoms with Gasteiger partial charge >= 0.3 is 0 Å². The molecule has 0 saturated heterocycles. The minimum Gasteiger partial charge on any atom is -0.398 e. The second kappa shape index (κ2) is 8.94. The topological polar surface area (TPSA) is 97.1 Å². The van der Waals surface area contributed by atoms with Gasteiger partial charge in [0.05, 0.1) is 5.02 Å². The number of benzene rings is 2. The molecule has 0 radical (unpaired) electrons. The average Bonchev–Trinajstić information content (AvgIpc) is 2.66. The highest BCUT2D eigenvalue weighted by molar-refractivity contribution is 6.31. The fourth-order valence-corrected chi connectivity index (χ4v) is 3.14. The van der Waals surface area contributed by atoms with E-state index >= 15 is 0 Å². The van der Waals surface area contributed by atoms with Crippen LogP contribution in [-0.4, -0.2) is 16.8 Å². The van der Waals surface area contributed by atoms with Crippen LogP contribution in [0.5, 0.6) is 0 Å². The number of nitrogens with zero attached hydrogens (tertiary/aromatic N) is 1. The third-order valence-electron chi connectivity index (χ3n) is 4.12. The highest BCUT2D eigenvalue weighted by atomic mass is 35.5. The number of aromatic nitrogens is 1. The Morgan fingerprint density at radius 2 is 1.72 bits per heavy atom. The first-order chi connectivity index (χ1) is 13.8. The van der Waals surface area contributed by atoms with Gasteiger partial charge in [0.2, 0.25) is 5.91 Å². The molecule has 0 aliphatic carbocycles. The van der Waals surface area contributed by atoms with E-state index in [1.54, 1.807) is 36.4 Å². The Balaban J connectivity index is 1.87. The van der Waals surface area contributed by atoms with Crippen LogP contribution in [0.4, 0.5) is 17.2 Å².